The topological polar surface area (TPSA) is 95.2 Å². The Morgan fingerprint density at radius 3 is 2.35 bits per heavy atom. The number of halogens is 3. The number of rotatable bonds is 7. The van der Waals surface area contributed by atoms with E-state index in [0.29, 0.717) is 21.6 Å². The van der Waals surface area contributed by atoms with Gasteiger partial charge in [-0.3, -0.25) is 4.57 Å². The molecule has 12 heteroatoms. The van der Waals surface area contributed by atoms with Gasteiger partial charge in [0, 0.05) is 13.6 Å². The summed E-state index contributed by atoms with van der Waals surface area (Å²) < 4.78 is 70.8. The van der Waals surface area contributed by atoms with Crippen molar-refractivity contribution in [2.75, 3.05) is 13.2 Å². The summed E-state index contributed by atoms with van der Waals surface area (Å²) in [4.78, 5) is 11.7. The smallest absolute Gasteiger partial charge is 0.451 e. The average molecular weight is 394 g/mol. The van der Waals surface area contributed by atoms with Gasteiger partial charge in [-0.15, -0.1) is 5.10 Å². The Balaban J connectivity index is 2.06. The minimum atomic E-state index is -4.78. The highest BCUT2D eigenvalue weighted by molar-refractivity contribution is 7.89. The van der Waals surface area contributed by atoms with Gasteiger partial charge < -0.3 is 4.74 Å². The van der Waals surface area contributed by atoms with Gasteiger partial charge in [-0.05, 0) is 31.2 Å². The lowest BCUT2D eigenvalue weighted by atomic mass is 10.3. The molecule has 2 rings (SSSR count). The van der Waals surface area contributed by atoms with E-state index in [1.807, 2.05) is 0 Å². The second-order valence-corrected chi connectivity index (χ2v) is 6.96. The number of sulfonamides is 1. The number of nitrogens with one attached hydrogen (secondary N) is 1. The lowest BCUT2D eigenvalue weighted by Gasteiger charge is -2.08. The first-order chi connectivity index (χ1) is 12.1. The number of benzene rings is 1. The van der Waals surface area contributed by atoms with Crippen LogP contribution in [0.2, 0.25) is 0 Å². The molecular formula is C14H17F3N4O4S. The minimum Gasteiger partial charge on any atom is -0.494 e. The molecule has 0 spiro atoms. The molecule has 0 aliphatic heterocycles. The molecule has 0 fully saturated rings. The third kappa shape index (κ3) is 4.43. The summed E-state index contributed by atoms with van der Waals surface area (Å²) in [6, 6.07) is 5.64. The molecule has 1 heterocycles. The Morgan fingerprint density at radius 1 is 1.23 bits per heavy atom. The molecule has 26 heavy (non-hydrogen) atoms. The Hall–Kier alpha value is -2.34. The molecule has 0 saturated heterocycles. The number of hydrogen-bond acceptors (Lipinski definition) is 5. The summed E-state index contributed by atoms with van der Waals surface area (Å²) in [7, 11) is -2.94. The monoisotopic (exact) mass is 394 g/mol. The molecule has 0 atom stereocenters. The first-order valence-electron chi connectivity index (χ1n) is 7.50. The van der Waals surface area contributed by atoms with Crippen molar-refractivity contribution in [2.45, 2.75) is 24.5 Å². The fourth-order valence-corrected chi connectivity index (χ4v) is 3.15. The maximum atomic E-state index is 12.7. The Kier molecular flexibility index (Phi) is 5.76. The molecule has 0 aliphatic carbocycles. The van der Waals surface area contributed by atoms with Gasteiger partial charge in [0.25, 0.3) is 0 Å². The highest BCUT2D eigenvalue weighted by atomic mass is 32.2. The predicted octanol–water partition coefficient (Wildman–Crippen LogP) is 0.978. The van der Waals surface area contributed by atoms with Gasteiger partial charge in [-0.1, -0.05) is 0 Å². The number of alkyl halides is 3. The Labute approximate surface area is 147 Å². The molecule has 0 aliphatic rings. The summed E-state index contributed by atoms with van der Waals surface area (Å²) in [6.45, 7) is 1.57. The lowest BCUT2D eigenvalue weighted by molar-refractivity contribution is -0.147. The summed E-state index contributed by atoms with van der Waals surface area (Å²) >= 11 is 0. The molecule has 144 valence electrons. The highest BCUT2D eigenvalue weighted by Crippen LogP contribution is 2.25. The van der Waals surface area contributed by atoms with Crippen molar-refractivity contribution < 1.29 is 26.3 Å². The molecule has 0 bridgehead atoms. The van der Waals surface area contributed by atoms with Crippen molar-refractivity contribution in [1.82, 2.24) is 19.1 Å². The molecule has 0 unspecified atom stereocenters. The van der Waals surface area contributed by atoms with Gasteiger partial charge in [0.1, 0.15) is 5.75 Å². The van der Waals surface area contributed by atoms with Crippen LogP contribution in [0.15, 0.2) is 34.0 Å². The third-order valence-electron chi connectivity index (χ3n) is 3.36. The molecule has 1 N–H and O–H groups in total. The Bertz CT molecular complexity index is 917. The lowest BCUT2D eigenvalue weighted by Crippen LogP contribution is -2.31. The van der Waals surface area contributed by atoms with E-state index in [4.69, 9.17) is 4.74 Å². The second-order valence-electron chi connectivity index (χ2n) is 5.19. The van der Waals surface area contributed by atoms with Gasteiger partial charge in [-0.25, -0.2) is 22.6 Å². The number of hydrogen-bond donors (Lipinski definition) is 1. The van der Waals surface area contributed by atoms with Gasteiger partial charge in [-0.2, -0.15) is 13.2 Å². The SMILES string of the molecule is CCOc1ccc(S(=O)(=O)NCCn2nc(C(F)(F)F)n(C)c2=O)cc1. The van der Waals surface area contributed by atoms with Crippen molar-refractivity contribution in [3.05, 3.63) is 40.6 Å². The molecule has 8 nitrogen and oxygen atoms in total. The first kappa shape index (κ1) is 20.0. The predicted molar refractivity (Wildman–Crippen MR) is 85.3 cm³/mol. The summed E-state index contributed by atoms with van der Waals surface area (Å²) in [5.74, 6) is -0.844. The zero-order chi connectivity index (χ0) is 19.5. The van der Waals surface area contributed by atoms with Crippen LogP contribution in [0.25, 0.3) is 0 Å². The van der Waals surface area contributed by atoms with E-state index in [1.54, 1.807) is 6.92 Å². The number of ether oxygens (including phenoxy) is 1. The van der Waals surface area contributed by atoms with Crippen molar-refractivity contribution >= 4 is 10.0 Å². The largest absolute Gasteiger partial charge is 0.494 e. The van der Waals surface area contributed by atoms with Crippen LogP contribution < -0.4 is 15.1 Å². The van der Waals surface area contributed by atoms with E-state index in [2.05, 4.69) is 9.82 Å². The number of nitrogens with zero attached hydrogens (tertiary/aromatic N) is 3. The third-order valence-corrected chi connectivity index (χ3v) is 4.83. The maximum absolute atomic E-state index is 12.7. The maximum Gasteiger partial charge on any atom is 0.451 e. The van der Waals surface area contributed by atoms with Crippen molar-refractivity contribution in [3.63, 3.8) is 0 Å². The van der Waals surface area contributed by atoms with Crippen LogP contribution in [-0.4, -0.2) is 35.9 Å². The fourth-order valence-electron chi connectivity index (χ4n) is 2.13. The molecule has 0 amide bonds. The van der Waals surface area contributed by atoms with Crippen molar-refractivity contribution in [3.8, 4) is 5.75 Å². The minimum absolute atomic E-state index is 0.0368. The van der Waals surface area contributed by atoms with E-state index in [0.717, 1.165) is 7.05 Å². The standard InChI is InChI=1S/C14H17F3N4O4S/c1-3-25-10-4-6-11(7-5-10)26(23,24)18-8-9-21-13(22)20(2)12(19-21)14(15,16)17/h4-7,18H,3,8-9H2,1-2H3. The van der Waals surface area contributed by atoms with Gasteiger partial charge in [0.05, 0.1) is 18.0 Å². The quantitative estimate of drug-likeness (QED) is 0.755. The number of aromatic nitrogens is 3. The van der Waals surface area contributed by atoms with Crippen LogP contribution in [0, 0.1) is 0 Å². The van der Waals surface area contributed by atoms with Gasteiger partial charge in [0.2, 0.25) is 15.8 Å². The van der Waals surface area contributed by atoms with Crippen LogP contribution in [0.4, 0.5) is 13.2 Å². The normalized spacial score (nSPS) is 12.3. The van der Waals surface area contributed by atoms with Crippen molar-refractivity contribution in [2.24, 2.45) is 7.05 Å². The van der Waals surface area contributed by atoms with E-state index < -0.39 is 27.7 Å². The van der Waals surface area contributed by atoms with Crippen LogP contribution >= 0.6 is 0 Å². The Morgan fingerprint density at radius 2 is 1.85 bits per heavy atom. The zero-order valence-corrected chi connectivity index (χ0v) is 14.8. The van der Waals surface area contributed by atoms with Crippen LogP contribution in [0.1, 0.15) is 12.7 Å². The van der Waals surface area contributed by atoms with E-state index in [1.165, 1.54) is 24.3 Å². The molecule has 0 radical (unpaired) electrons. The highest BCUT2D eigenvalue weighted by Gasteiger charge is 2.37. The van der Waals surface area contributed by atoms with E-state index >= 15 is 0 Å². The van der Waals surface area contributed by atoms with E-state index in [-0.39, 0.29) is 18.0 Å². The fraction of sp³-hybridized carbons (Fsp3) is 0.429. The van der Waals surface area contributed by atoms with Crippen LogP contribution in [-0.2, 0) is 29.8 Å². The summed E-state index contributed by atoms with van der Waals surface area (Å²) in [5, 5.41) is 3.20. The average Bonchev–Trinajstić information content (AvgIpc) is 2.84. The molecule has 0 saturated carbocycles. The first-order valence-corrected chi connectivity index (χ1v) is 8.98. The molecule has 1 aromatic carbocycles. The van der Waals surface area contributed by atoms with Crippen molar-refractivity contribution in [1.29, 1.82) is 0 Å². The molecule has 1 aromatic heterocycles. The van der Waals surface area contributed by atoms with E-state index in [9.17, 15) is 26.4 Å². The van der Waals surface area contributed by atoms with Crippen LogP contribution in [0.5, 0.6) is 5.75 Å². The molecule has 2 aromatic rings. The molecular weight excluding hydrogens is 377 g/mol. The van der Waals surface area contributed by atoms with Gasteiger partial charge in [0.15, 0.2) is 0 Å². The second kappa shape index (κ2) is 7.50. The summed E-state index contributed by atoms with van der Waals surface area (Å²) in [5.41, 5.74) is -0.988. The van der Waals surface area contributed by atoms with Crippen LogP contribution in [0.3, 0.4) is 0 Å². The summed E-state index contributed by atoms with van der Waals surface area (Å²) in [6.07, 6.45) is -4.78. The zero-order valence-electron chi connectivity index (χ0n) is 13.9. The van der Waals surface area contributed by atoms with Gasteiger partial charge >= 0.3 is 11.9 Å².